The molecule has 3 aromatic carbocycles. The van der Waals surface area contributed by atoms with Crippen LogP contribution in [0, 0.1) is 0 Å². The molecule has 0 saturated heterocycles. The lowest BCUT2D eigenvalue weighted by atomic mass is 9.87. The van der Waals surface area contributed by atoms with E-state index in [2.05, 4.69) is 26.1 Å². The Bertz CT molecular complexity index is 1370. The number of hydrogen-bond donors (Lipinski definition) is 1. The van der Waals surface area contributed by atoms with Crippen molar-refractivity contribution in [2.75, 3.05) is 44.8 Å². The Kier molecular flexibility index (Phi) is 10.3. The molecule has 0 aliphatic heterocycles. The first kappa shape index (κ1) is 30.6. The summed E-state index contributed by atoms with van der Waals surface area (Å²) >= 11 is 0. The first-order valence-electron chi connectivity index (χ1n) is 13.0. The third-order valence-electron chi connectivity index (χ3n) is 6.08. The molecule has 9 nitrogen and oxygen atoms in total. The minimum absolute atomic E-state index is 0.0407. The lowest BCUT2D eigenvalue weighted by Gasteiger charge is -2.25. The maximum atomic E-state index is 13.8. The van der Waals surface area contributed by atoms with Gasteiger partial charge in [0.25, 0.3) is 10.0 Å². The zero-order chi connectivity index (χ0) is 29.3. The summed E-state index contributed by atoms with van der Waals surface area (Å²) in [6.07, 6.45) is 0. The number of rotatable bonds is 13. The van der Waals surface area contributed by atoms with Gasteiger partial charge >= 0.3 is 0 Å². The van der Waals surface area contributed by atoms with E-state index in [1.807, 2.05) is 31.2 Å². The van der Waals surface area contributed by atoms with E-state index in [1.165, 1.54) is 38.0 Å². The smallest absolute Gasteiger partial charge is 0.264 e. The van der Waals surface area contributed by atoms with Gasteiger partial charge in [0.1, 0.15) is 24.7 Å². The average Bonchev–Trinajstić information content (AvgIpc) is 2.94. The van der Waals surface area contributed by atoms with Crippen LogP contribution in [0.4, 0.5) is 5.69 Å². The van der Waals surface area contributed by atoms with Gasteiger partial charge in [0.05, 0.1) is 38.0 Å². The monoisotopic (exact) mass is 570 g/mol. The van der Waals surface area contributed by atoms with E-state index < -0.39 is 22.5 Å². The normalized spacial score (nSPS) is 11.4. The number of methoxy groups -OCH3 is 2. The minimum Gasteiger partial charge on any atom is -0.494 e. The van der Waals surface area contributed by atoms with Crippen LogP contribution in [0.2, 0.25) is 0 Å². The highest BCUT2D eigenvalue weighted by molar-refractivity contribution is 7.92. The molecule has 0 aliphatic rings. The molecule has 10 heteroatoms. The Morgan fingerprint density at radius 2 is 1.45 bits per heavy atom. The van der Waals surface area contributed by atoms with Crippen molar-refractivity contribution in [2.24, 2.45) is 0 Å². The molecule has 3 rings (SSSR count). The van der Waals surface area contributed by atoms with Crippen LogP contribution in [0.3, 0.4) is 0 Å². The molecule has 0 spiro atoms. The van der Waals surface area contributed by atoms with Gasteiger partial charge in [-0.1, -0.05) is 32.9 Å². The fraction of sp³-hybridized carbons (Fsp3) is 0.367. The predicted molar refractivity (Wildman–Crippen MR) is 155 cm³/mol. The fourth-order valence-corrected chi connectivity index (χ4v) is 5.33. The summed E-state index contributed by atoms with van der Waals surface area (Å²) in [5.41, 5.74) is 1.54. The Morgan fingerprint density at radius 3 is 2.02 bits per heavy atom. The predicted octanol–water partition coefficient (Wildman–Crippen LogP) is 4.79. The first-order valence-corrected chi connectivity index (χ1v) is 14.4. The summed E-state index contributed by atoms with van der Waals surface area (Å²) < 4.78 is 50.3. The highest BCUT2D eigenvalue weighted by atomic mass is 32.2. The van der Waals surface area contributed by atoms with Crippen LogP contribution in [0.25, 0.3) is 0 Å². The second kappa shape index (κ2) is 13.4. The maximum absolute atomic E-state index is 13.8. The molecule has 0 heterocycles. The molecule has 0 fully saturated rings. The van der Waals surface area contributed by atoms with Crippen LogP contribution >= 0.6 is 0 Å². The van der Waals surface area contributed by atoms with E-state index in [-0.39, 0.29) is 29.2 Å². The molecular formula is C30H38N2O7S. The highest BCUT2D eigenvalue weighted by Gasteiger charge is 2.28. The number of nitrogens with one attached hydrogen (secondary N) is 1. The third-order valence-corrected chi connectivity index (χ3v) is 7.85. The summed E-state index contributed by atoms with van der Waals surface area (Å²) in [6.45, 7) is 8.74. The number of amides is 1. The van der Waals surface area contributed by atoms with Crippen LogP contribution in [-0.4, -0.2) is 54.8 Å². The van der Waals surface area contributed by atoms with Gasteiger partial charge in [-0.3, -0.25) is 9.10 Å². The van der Waals surface area contributed by atoms with Gasteiger partial charge in [-0.15, -0.1) is 0 Å². The number of benzene rings is 3. The van der Waals surface area contributed by atoms with Gasteiger partial charge in [-0.05, 0) is 66.4 Å². The zero-order valence-electron chi connectivity index (χ0n) is 23.9. The largest absolute Gasteiger partial charge is 0.494 e. The second-order valence-electron chi connectivity index (χ2n) is 9.93. The number of sulfonamides is 1. The number of hydrogen-bond acceptors (Lipinski definition) is 7. The molecule has 0 bridgehead atoms. The van der Waals surface area contributed by atoms with Gasteiger partial charge in [-0.25, -0.2) is 8.42 Å². The van der Waals surface area contributed by atoms with E-state index in [0.29, 0.717) is 29.5 Å². The average molecular weight is 571 g/mol. The SMILES string of the molecule is CCOc1ccc(N(CC(=O)NCCOc2ccc(C(C)(C)C)cc2)S(=O)(=O)c2ccc(OC)c(OC)c2)cc1. The molecule has 1 N–H and O–H groups in total. The van der Waals surface area contributed by atoms with Gasteiger partial charge in [0.2, 0.25) is 5.91 Å². The number of carbonyl (C=O) groups excluding carboxylic acids is 1. The van der Waals surface area contributed by atoms with Crippen LogP contribution in [-0.2, 0) is 20.2 Å². The van der Waals surface area contributed by atoms with E-state index in [4.69, 9.17) is 18.9 Å². The zero-order valence-corrected chi connectivity index (χ0v) is 24.7. The molecule has 0 unspecified atom stereocenters. The van der Waals surface area contributed by atoms with Crippen LogP contribution < -0.4 is 28.6 Å². The lowest BCUT2D eigenvalue weighted by Crippen LogP contribution is -2.41. The van der Waals surface area contributed by atoms with Gasteiger partial charge in [-0.2, -0.15) is 0 Å². The van der Waals surface area contributed by atoms with Crippen molar-refractivity contribution in [2.45, 2.75) is 38.0 Å². The molecule has 40 heavy (non-hydrogen) atoms. The summed E-state index contributed by atoms with van der Waals surface area (Å²) in [6, 6.07) is 18.6. The first-order chi connectivity index (χ1) is 19.0. The molecule has 0 saturated carbocycles. The van der Waals surface area contributed by atoms with Crippen molar-refractivity contribution in [3.63, 3.8) is 0 Å². The quantitative estimate of drug-likeness (QED) is 0.295. The maximum Gasteiger partial charge on any atom is 0.264 e. The summed E-state index contributed by atoms with van der Waals surface area (Å²) in [5.74, 6) is 1.44. The Morgan fingerprint density at radius 1 is 0.850 bits per heavy atom. The Hall–Kier alpha value is -3.92. The molecule has 0 atom stereocenters. The van der Waals surface area contributed by atoms with Crippen molar-refractivity contribution in [3.05, 3.63) is 72.3 Å². The number of anilines is 1. The third kappa shape index (κ3) is 7.81. The van der Waals surface area contributed by atoms with Crippen molar-refractivity contribution in [3.8, 4) is 23.0 Å². The van der Waals surface area contributed by atoms with E-state index >= 15 is 0 Å². The van der Waals surface area contributed by atoms with Gasteiger partial charge in [0, 0.05) is 6.07 Å². The fourth-order valence-electron chi connectivity index (χ4n) is 3.89. The molecule has 0 aliphatic carbocycles. The lowest BCUT2D eigenvalue weighted by molar-refractivity contribution is -0.119. The summed E-state index contributed by atoms with van der Waals surface area (Å²) in [7, 11) is -1.27. The van der Waals surface area contributed by atoms with Crippen LogP contribution in [0.15, 0.2) is 71.6 Å². The van der Waals surface area contributed by atoms with Crippen molar-refractivity contribution in [1.82, 2.24) is 5.32 Å². The minimum atomic E-state index is -4.16. The molecule has 216 valence electrons. The van der Waals surface area contributed by atoms with E-state index in [1.54, 1.807) is 24.3 Å². The van der Waals surface area contributed by atoms with Crippen LogP contribution in [0.1, 0.15) is 33.3 Å². The van der Waals surface area contributed by atoms with E-state index in [9.17, 15) is 13.2 Å². The summed E-state index contributed by atoms with van der Waals surface area (Å²) in [5, 5.41) is 2.75. The molecule has 0 aromatic heterocycles. The standard InChI is InChI=1S/C30H38N2O7S/c1-7-38-24-14-10-23(11-15-24)32(40(34,35)26-16-17-27(36-5)28(20-26)37-6)21-29(33)31-18-19-39-25-12-8-22(9-13-25)30(2,3)4/h8-17,20H,7,18-19,21H2,1-6H3,(H,31,33). The van der Waals surface area contributed by atoms with Crippen LogP contribution in [0.5, 0.6) is 23.0 Å². The van der Waals surface area contributed by atoms with Crippen molar-refractivity contribution in [1.29, 1.82) is 0 Å². The topological polar surface area (TPSA) is 103 Å². The highest BCUT2D eigenvalue weighted by Crippen LogP contribution is 2.32. The molecule has 1 amide bonds. The number of ether oxygens (including phenoxy) is 4. The van der Waals surface area contributed by atoms with E-state index in [0.717, 1.165) is 4.31 Å². The number of carbonyl (C=O) groups is 1. The summed E-state index contributed by atoms with van der Waals surface area (Å²) in [4.78, 5) is 12.9. The molecule has 0 radical (unpaired) electrons. The Balaban J connectivity index is 1.74. The molecular weight excluding hydrogens is 532 g/mol. The number of nitrogens with zero attached hydrogens (tertiary/aromatic N) is 1. The van der Waals surface area contributed by atoms with Crippen molar-refractivity contribution < 1.29 is 32.2 Å². The Labute approximate surface area is 237 Å². The van der Waals surface area contributed by atoms with Gasteiger partial charge < -0.3 is 24.3 Å². The van der Waals surface area contributed by atoms with Crippen molar-refractivity contribution >= 4 is 21.6 Å². The molecule has 3 aromatic rings. The second-order valence-corrected chi connectivity index (χ2v) is 11.8. The van der Waals surface area contributed by atoms with Gasteiger partial charge in [0.15, 0.2) is 11.5 Å².